The topological polar surface area (TPSA) is 97.0 Å². The van der Waals surface area contributed by atoms with Gasteiger partial charge < -0.3 is 11.1 Å². The number of rotatable bonds is 6. The second kappa shape index (κ2) is 7.77. The van der Waals surface area contributed by atoms with Gasteiger partial charge in [-0.3, -0.25) is 20.3 Å². The fourth-order valence-electron chi connectivity index (χ4n) is 3.44. The molecule has 3 unspecified atom stereocenters. The van der Waals surface area contributed by atoms with Crippen LogP contribution in [0.2, 0.25) is 0 Å². The fourth-order valence-corrected chi connectivity index (χ4v) is 3.44. The van der Waals surface area contributed by atoms with E-state index in [4.69, 9.17) is 5.73 Å². The molecule has 1 amide bonds. The first-order valence-electron chi connectivity index (χ1n) is 8.65. The monoisotopic (exact) mass is 342 g/mol. The van der Waals surface area contributed by atoms with Gasteiger partial charge in [0.05, 0.1) is 12.6 Å². The quantitative estimate of drug-likeness (QED) is 0.608. The largest absolute Gasteiger partial charge is 0.351 e. The summed E-state index contributed by atoms with van der Waals surface area (Å²) in [7, 11) is 0. The maximum absolute atomic E-state index is 12.5. The Morgan fingerprint density at radius 3 is 2.56 bits per heavy atom. The Labute approximate surface area is 147 Å². The summed E-state index contributed by atoms with van der Waals surface area (Å²) in [6.45, 7) is 5.21. The van der Waals surface area contributed by atoms with Crippen molar-refractivity contribution in [3.63, 3.8) is 0 Å². The molecule has 134 valence electrons. The van der Waals surface area contributed by atoms with Gasteiger partial charge in [0.15, 0.2) is 0 Å². The highest BCUT2D eigenvalue weighted by Gasteiger charge is 2.37. The molecular formula is C18H26N6O. The van der Waals surface area contributed by atoms with Crippen LogP contribution in [0.25, 0.3) is 0 Å². The minimum absolute atomic E-state index is 0.0549. The molecule has 1 saturated heterocycles. The number of benzene rings is 1. The maximum Gasteiger partial charge on any atom is 0.237 e. The van der Waals surface area contributed by atoms with E-state index < -0.39 is 6.04 Å². The lowest BCUT2D eigenvalue weighted by atomic mass is 9.88. The Kier molecular flexibility index (Phi) is 5.47. The smallest absolute Gasteiger partial charge is 0.237 e. The maximum atomic E-state index is 12.5. The van der Waals surface area contributed by atoms with Crippen molar-refractivity contribution in [1.82, 2.24) is 25.9 Å². The Bertz CT molecular complexity index is 691. The number of nitrogens with one attached hydrogen (secondary N) is 3. The van der Waals surface area contributed by atoms with Gasteiger partial charge in [-0.15, -0.1) is 0 Å². The van der Waals surface area contributed by atoms with E-state index >= 15 is 0 Å². The second-order valence-corrected chi connectivity index (χ2v) is 6.66. The fraction of sp³-hybridized carbons (Fsp3) is 0.444. The van der Waals surface area contributed by atoms with E-state index in [9.17, 15) is 4.79 Å². The number of aromatic nitrogens is 2. The number of hydrazine groups is 1. The molecule has 0 radical (unpaired) electrons. The average Bonchev–Trinajstić information content (AvgIpc) is 3.23. The summed E-state index contributed by atoms with van der Waals surface area (Å²) in [6.07, 6.45) is 3.68. The van der Waals surface area contributed by atoms with Crippen LogP contribution in [0.3, 0.4) is 0 Å². The molecule has 3 atom stereocenters. The van der Waals surface area contributed by atoms with Crippen LogP contribution in [0.5, 0.6) is 0 Å². The lowest BCUT2D eigenvalue weighted by molar-refractivity contribution is -0.123. The zero-order chi connectivity index (χ0) is 17.8. The van der Waals surface area contributed by atoms with Gasteiger partial charge in [-0.1, -0.05) is 24.3 Å². The van der Waals surface area contributed by atoms with Crippen molar-refractivity contribution in [2.45, 2.75) is 45.1 Å². The van der Waals surface area contributed by atoms with Gasteiger partial charge in [0.2, 0.25) is 5.91 Å². The second-order valence-electron chi connectivity index (χ2n) is 6.66. The molecule has 1 aromatic carbocycles. The van der Waals surface area contributed by atoms with Crippen LogP contribution >= 0.6 is 0 Å². The molecule has 3 rings (SSSR count). The van der Waals surface area contributed by atoms with Crippen LogP contribution in [-0.2, 0) is 17.9 Å². The van der Waals surface area contributed by atoms with E-state index in [1.165, 1.54) is 0 Å². The highest BCUT2D eigenvalue weighted by atomic mass is 16.2. The summed E-state index contributed by atoms with van der Waals surface area (Å²) in [6, 6.07) is 9.71. The van der Waals surface area contributed by atoms with Crippen LogP contribution in [-0.4, -0.2) is 33.8 Å². The third kappa shape index (κ3) is 4.07. The predicted octanol–water partition coefficient (Wildman–Crippen LogP) is 0.376. The van der Waals surface area contributed by atoms with E-state index in [-0.39, 0.29) is 23.9 Å². The lowest BCUT2D eigenvalue weighted by Crippen LogP contribution is -2.50. The number of amides is 1. The van der Waals surface area contributed by atoms with Crippen molar-refractivity contribution in [1.29, 1.82) is 0 Å². The number of hydrogen-bond acceptors (Lipinski definition) is 5. The van der Waals surface area contributed by atoms with E-state index in [0.29, 0.717) is 13.1 Å². The van der Waals surface area contributed by atoms with Crippen LogP contribution in [0.15, 0.2) is 42.7 Å². The first-order chi connectivity index (χ1) is 12.1. The number of hydrogen-bond donors (Lipinski definition) is 4. The highest BCUT2D eigenvalue weighted by molar-refractivity contribution is 5.82. The van der Waals surface area contributed by atoms with Crippen LogP contribution in [0.1, 0.15) is 25.0 Å². The standard InChI is InChI=1S/C18H26N6O/c1-12-16(13(2)23-22-12)17(19)18(25)20-10-14-6-3-4-7-15(14)11-24-9-5-8-21-24/h3-9,12-13,16-17,22-23H,10-11,19H2,1-2H3,(H,20,25). The third-order valence-corrected chi connectivity index (χ3v) is 4.87. The van der Waals surface area contributed by atoms with Gasteiger partial charge in [0.25, 0.3) is 0 Å². The van der Waals surface area contributed by atoms with Crippen molar-refractivity contribution in [3.8, 4) is 0 Å². The molecule has 0 saturated carbocycles. The van der Waals surface area contributed by atoms with Crippen molar-refractivity contribution >= 4 is 5.91 Å². The van der Waals surface area contributed by atoms with Crippen molar-refractivity contribution in [2.75, 3.05) is 0 Å². The molecule has 7 nitrogen and oxygen atoms in total. The number of carbonyl (C=O) groups excluding carboxylic acids is 1. The summed E-state index contributed by atoms with van der Waals surface area (Å²) in [5.74, 6) is -0.0672. The number of carbonyl (C=O) groups is 1. The van der Waals surface area contributed by atoms with Gasteiger partial charge in [0, 0.05) is 36.9 Å². The summed E-state index contributed by atoms with van der Waals surface area (Å²) in [5, 5.41) is 7.23. The minimum Gasteiger partial charge on any atom is -0.351 e. The Hall–Kier alpha value is -2.22. The van der Waals surface area contributed by atoms with E-state index in [2.05, 4.69) is 27.3 Å². The minimum atomic E-state index is -0.550. The van der Waals surface area contributed by atoms with Gasteiger partial charge in [-0.05, 0) is 31.0 Å². The molecule has 1 aliphatic rings. The first-order valence-corrected chi connectivity index (χ1v) is 8.65. The molecule has 5 N–H and O–H groups in total. The van der Waals surface area contributed by atoms with Gasteiger partial charge in [-0.25, -0.2) is 0 Å². The predicted molar refractivity (Wildman–Crippen MR) is 96.3 cm³/mol. The molecule has 1 fully saturated rings. The van der Waals surface area contributed by atoms with E-state index in [1.54, 1.807) is 6.20 Å². The molecule has 2 aromatic rings. The first kappa shape index (κ1) is 17.6. The third-order valence-electron chi connectivity index (χ3n) is 4.87. The Morgan fingerprint density at radius 2 is 1.92 bits per heavy atom. The zero-order valence-corrected chi connectivity index (χ0v) is 14.6. The molecule has 7 heteroatoms. The number of nitrogens with zero attached hydrogens (tertiary/aromatic N) is 2. The van der Waals surface area contributed by atoms with Crippen molar-refractivity contribution in [2.24, 2.45) is 11.7 Å². The number of nitrogens with two attached hydrogens (primary N) is 1. The summed E-state index contributed by atoms with van der Waals surface area (Å²) in [4.78, 5) is 12.5. The SMILES string of the molecule is CC1NNC(C)C1C(N)C(=O)NCc1ccccc1Cn1cccn1. The summed E-state index contributed by atoms with van der Waals surface area (Å²) >= 11 is 0. The lowest BCUT2D eigenvalue weighted by Gasteiger charge is -2.24. The summed E-state index contributed by atoms with van der Waals surface area (Å²) < 4.78 is 1.87. The molecule has 1 aromatic heterocycles. The van der Waals surface area contributed by atoms with Crippen molar-refractivity contribution < 1.29 is 4.79 Å². The van der Waals surface area contributed by atoms with Gasteiger partial charge in [-0.2, -0.15) is 5.10 Å². The Balaban J connectivity index is 1.62. The molecular weight excluding hydrogens is 316 g/mol. The van der Waals surface area contributed by atoms with Gasteiger partial charge in [0.1, 0.15) is 0 Å². The van der Waals surface area contributed by atoms with Crippen LogP contribution in [0, 0.1) is 5.92 Å². The van der Waals surface area contributed by atoms with Crippen LogP contribution < -0.4 is 21.9 Å². The molecule has 0 aliphatic carbocycles. The molecule has 0 bridgehead atoms. The molecule has 0 spiro atoms. The van der Waals surface area contributed by atoms with E-state index in [0.717, 1.165) is 11.1 Å². The van der Waals surface area contributed by atoms with Gasteiger partial charge >= 0.3 is 0 Å². The summed E-state index contributed by atoms with van der Waals surface area (Å²) in [5.41, 5.74) is 14.7. The Morgan fingerprint density at radius 1 is 1.24 bits per heavy atom. The highest BCUT2D eigenvalue weighted by Crippen LogP contribution is 2.18. The van der Waals surface area contributed by atoms with Crippen molar-refractivity contribution in [3.05, 3.63) is 53.9 Å². The van der Waals surface area contributed by atoms with Crippen LogP contribution in [0.4, 0.5) is 0 Å². The molecule has 25 heavy (non-hydrogen) atoms. The zero-order valence-electron chi connectivity index (χ0n) is 14.6. The molecule has 1 aliphatic heterocycles. The average molecular weight is 342 g/mol. The van der Waals surface area contributed by atoms with E-state index in [1.807, 2.05) is 49.0 Å². The normalized spacial score (nSPS) is 24.2. The molecule has 2 heterocycles.